The summed E-state index contributed by atoms with van der Waals surface area (Å²) in [5, 5.41) is 11.6. The third-order valence-corrected chi connectivity index (χ3v) is 4.08. The highest BCUT2D eigenvalue weighted by Crippen LogP contribution is 2.22. The maximum atomic E-state index is 12.5. The Bertz CT molecular complexity index is 879. The van der Waals surface area contributed by atoms with E-state index in [1.165, 1.54) is 5.56 Å². The molecule has 1 aromatic carbocycles. The van der Waals surface area contributed by atoms with Gasteiger partial charge < -0.3 is 5.32 Å². The van der Waals surface area contributed by atoms with Crippen LogP contribution in [0.5, 0.6) is 0 Å². The molecule has 3 rings (SSSR count). The van der Waals surface area contributed by atoms with Crippen molar-refractivity contribution in [2.24, 2.45) is 7.05 Å². The molecule has 124 valence electrons. The first-order valence-corrected chi connectivity index (χ1v) is 7.91. The number of nitrogens with one attached hydrogen (secondary N) is 1. The Kier molecular flexibility index (Phi) is 4.40. The molecule has 0 aliphatic heterocycles. The fraction of sp³-hybridized carbons (Fsp3) is 0.235. The van der Waals surface area contributed by atoms with Crippen LogP contribution in [0.4, 0.5) is 5.82 Å². The topological polar surface area (TPSA) is 64.7 Å². The van der Waals surface area contributed by atoms with Crippen molar-refractivity contribution in [3.8, 4) is 0 Å². The molecule has 0 radical (unpaired) electrons. The molecule has 1 N–H and O–H groups in total. The van der Waals surface area contributed by atoms with E-state index in [0.29, 0.717) is 28.8 Å². The summed E-state index contributed by atoms with van der Waals surface area (Å²) in [5.74, 6) is 0.163. The molecule has 0 bridgehead atoms. The number of carbonyl (C=O) groups is 1. The van der Waals surface area contributed by atoms with Gasteiger partial charge in [-0.1, -0.05) is 41.4 Å². The highest BCUT2D eigenvalue weighted by molar-refractivity contribution is 6.33. The summed E-state index contributed by atoms with van der Waals surface area (Å²) >= 11 is 6.39. The number of anilines is 1. The van der Waals surface area contributed by atoms with Crippen molar-refractivity contribution in [1.29, 1.82) is 0 Å². The van der Waals surface area contributed by atoms with E-state index >= 15 is 0 Å². The van der Waals surface area contributed by atoms with E-state index in [2.05, 4.69) is 15.5 Å². The largest absolute Gasteiger partial charge is 0.305 e. The standard InChI is InChI=1S/C17H18ClN5O/c1-11-4-6-13(7-5-11)10-23-16(18)15(12(2)20-23)17(24)19-14-8-9-22(3)21-14/h4-9H,10H2,1-3H3,(H,19,21,24). The normalized spacial score (nSPS) is 10.8. The summed E-state index contributed by atoms with van der Waals surface area (Å²) < 4.78 is 3.25. The minimum absolute atomic E-state index is 0.314. The average Bonchev–Trinajstić information content (AvgIpc) is 3.05. The Morgan fingerprint density at radius 2 is 1.88 bits per heavy atom. The molecular weight excluding hydrogens is 326 g/mol. The lowest BCUT2D eigenvalue weighted by Gasteiger charge is -2.05. The Morgan fingerprint density at radius 3 is 2.50 bits per heavy atom. The monoisotopic (exact) mass is 343 g/mol. The number of carbonyl (C=O) groups excluding carboxylic acids is 1. The second-order valence-electron chi connectivity index (χ2n) is 5.72. The number of amides is 1. The summed E-state index contributed by atoms with van der Waals surface area (Å²) in [7, 11) is 1.79. The molecule has 7 heteroatoms. The lowest BCUT2D eigenvalue weighted by Crippen LogP contribution is -2.14. The molecule has 0 saturated carbocycles. The van der Waals surface area contributed by atoms with Crippen LogP contribution in [0.15, 0.2) is 36.5 Å². The molecule has 0 unspecified atom stereocenters. The van der Waals surface area contributed by atoms with Crippen molar-refractivity contribution in [3.05, 3.63) is 64.1 Å². The molecule has 2 heterocycles. The summed E-state index contributed by atoms with van der Waals surface area (Å²) in [6, 6.07) is 9.84. The van der Waals surface area contributed by atoms with E-state index in [1.807, 2.05) is 31.2 Å². The fourth-order valence-corrected chi connectivity index (χ4v) is 2.76. The molecule has 0 atom stereocenters. The average molecular weight is 344 g/mol. The molecule has 6 nitrogen and oxygen atoms in total. The van der Waals surface area contributed by atoms with Crippen molar-refractivity contribution in [3.63, 3.8) is 0 Å². The molecule has 0 fully saturated rings. The smallest absolute Gasteiger partial charge is 0.261 e. The zero-order chi connectivity index (χ0) is 17.3. The Hall–Kier alpha value is -2.60. The second kappa shape index (κ2) is 6.49. The van der Waals surface area contributed by atoms with Crippen LogP contribution in [0.1, 0.15) is 27.2 Å². The van der Waals surface area contributed by atoms with E-state index in [4.69, 9.17) is 11.6 Å². The predicted molar refractivity (Wildman–Crippen MR) is 93.4 cm³/mol. The van der Waals surface area contributed by atoms with Crippen molar-refractivity contribution in [2.75, 3.05) is 5.32 Å². The third kappa shape index (κ3) is 3.33. The van der Waals surface area contributed by atoms with Gasteiger partial charge in [-0.15, -0.1) is 0 Å². The Morgan fingerprint density at radius 1 is 1.17 bits per heavy atom. The predicted octanol–water partition coefficient (Wildman–Crippen LogP) is 3.19. The molecule has 0 aliphatic carbocycles. The van der Waals surface area contributed by atoms with Crippen molar-refractivity contribution >= 4 is 23.3 Å². The lowest BCUT2D eigenvalue weighted by molar-refractivity contribution is 0.102. The van der Waals surface area contributed by atoms with Crippen molar-refractivity contribution in [2.45, 2.75) is 20.4 Å². The minimum atomic E-state index is -0.314. The SMILES string of the molecule is Cc1ccc(Cn2nc(C)c(C(=O)Nc3ccn(C)n3)c2Cl)cc1. The number of rotatable bonds is 4. The number of nitrogens with zero attached hydrogens (tertiary/aromatic N) is 4. The van der Waals surface area contributed by atoms with Crippen molar-refractivity contribution < 1.29 is 4.79 Å². The van der Waals surface area contributed by atoms with Crippen LogP contribution in [0, 0.1) is 13.8 Å². The maximum absolute atomic E-state index is 12.5. The van der Waals surface area contributed by atoms with Gasteiger partial charge in [0.15, 0.2) is 5.82 Å². The van der Waals surface area contributed by atoms with Crippen LogP contribution in [0.25, 0.3) is 0 Å². The van der Waals surface area contributed by atoms with E-state index in [1.54, 1.807) is 35.6 Å². The van der Waals surface area contributed by atoms with E-state index < -0.39 is 0 Å². The maximum Gasteiger partial charge on any atom is 0.261 e. The first-order chi connectivity index (χ1) is 11.4. The minimum Gasteiger partial charge on any atom is -0.305 e. The summed E-state index contributed by atoms with van der Waals surface area (Å²) in [6.45, 7) is 4.32. The molecule has 1 amide bonds. The highest BCUT2D eigenvalue weighted by atomic mass is 35.5. The number of aryl methyl sites for hydroxylation is 3. The lowest BCUT2D eigenvalue weighted by atomic mass is 10.1. The van der Waals surface area contributed by atoms with Gasteiger partial charge in [-0.25, -0.2) is 4.68 Å². The first-order valence-electron chi connectivity index (χ1n) is 7.53. The third-order valence-electron chi connectivity index (χ3n) is 3.70. The van der Waals surface area contributed by atoms with Gasteiger partial charge >= 0.3 is 0 Å². The molecule has 0 aliphatic rings. The van der Waals surface area contributed by atoms with E-state index in [-0.39, 0.29) is 5.91 Å². The van der Waals surface area contributed by atoms with Crippen LogP contribution in [0.3, 0.4) is 0 Å². The van der Waals surface area contributed by atoms with Crippen LogP contribution >= 0.6 is 11.6 Å². The quantitative estimate of drug-likeness (QED) is 0.791. The first kappa shape index (κ1) is 16.3. The second-order valence-corrected chi connectivity index (χ2v) is 6.08. The van der Waals surface area contributed by atoms with Crippen LogP contribution in [-0.2, 0) is 13.6 Å². The molecular formula is C17H18ClN5O. The number of hydrogen-bond donors (Lipinski definition) is 1. The van der Waals surface area contributed by atoms with E-state index in [0.717, 1.165) is 5.56 Å². The Balaban J connectivity index is 1.83. The van der Waals surface area contributed by atoms with Gasteiger partial charge in [0.25, 0.3) is 5.91 Å². The molecule has 24 heavy (non-hydrogen) atoms. The summed E-state index contributed by atoms with van der Waals surface area (Å²) in [4.78, 5) is 12.5. The summed E-state index contributed by atoms with van der Waals surface area (Å²) in [6.07, 6.45) is 1.75. The summed E-state index contributed by atoms with van der Waals surface area (Å²) in [5.41, 5.74) is 3.22. The van der Waals surface area contributed by atoms with Gasteiger partial charge in [0.1, 0.15) is 5.15 Å². The van der Waals surface area contributed by atoms with Gasteiger partial charge in [0.05, 0.1) is 17.8 Å². The number of hydrogen-bond acceptors (Lipinski definition) is 3. The van der Waals surface area contributed by atoms with E-state index in [9.17, 15) is 4.79 Å². The van der Waals surface area contributed by atoms with Gasteiger partial charge in [-0.05, 0) is 19.4 Å². The van der Waals surface area contributed by atoms with Gasteiger partial charge in [0, 0.05) is 19.3 Å². The molecule has 3 aromatic rings. The van der Waals surface area contributed by atoms with Gasteiger partial charge in [-0.2, -0.15) is 10.2 Å². The number of benzene rings is 1. The molecule has 2 aromatic heterocycles. The van der Waals surface area contributed by atoms with Crippen LogP contribution < -0.4 is 5.32 Å². The van der Waals surface area contributed by atoms with Gasteiger partial charge in [-0.3, -0.25) is 9.48 Å². The molecule has 0 saturated heterocycles. The van der Waals surface area contributed by atoms with Crippen LogP contribution in [0.2, 0.25) is 5.15 Å². The Labute approximate surface area is 145 Å². The van der Waals surface area contributed by atoms with Crippen molar-refractivity contribution in [1.82, 2.24) is 19.6 Å². The zero-order valence-corrected chi connectivity index (χ0v) is 14.5. The highest BCUT2D eigenvalue weighted by Gasteiger charge is 2.21. The zero-order valence-electron chi connectivity index (χ0n) is 13.7. The molecule has 0 spiro atoms. The number of aromatic nitrogens is 4. The fourth-order valence-electron chi connectivity index (χ4n) is 2.44. The number of halogens is 1. The van der Waals surface area contributed by atoms with Crippen LogP contribution in [-0.4, -0.2) is 25.5 Å². The van der Waals surface area contributed by atoms with Gasteiger partial charge in [0.2, 0.25) is 0 Å².